The van der Waals surface area contributed by atoms with Crippen LogP contribution in [0.4, 0.5) is 5.69 Å². The Morgan fingerprint density at radius 2 is 2.00 bits per heavy atom. The summed E-state index contributed by atoms with van der Waals surface area (Å²) in [6.07, 6.45) is 4.79. The third-order valence-corrected chi connectivity index (χ3v) is 6.11. The minimum Gasteiger partial charge on any atom is -0.394 e. The van der Waals surface area contributed by atoms with E-state index in [1.807, 2.05) is 32.0 Å². The topological polar surface area (TPSA) is 100 Å². The van der Waals surface area contributed by atoms with Crippen LogP contribution in [0.1, 0.15) is 87.1 Å². The first-order chi connectivity index (χ1) is 15.3. The minimum atomic E-state index is -0.900. The van der Waals surface area contributed by atoms with E-state index in [1.165, 1.54) is 0 Å². The third kappa shape index (κ3) is 6.62. The maximum atomic E-state index is 12.9. The van der Waals surface area contributed by atoms with Gasteiger partial charge in [-0.2, -0.15) is 0 Å². The molecule has 1 aliphatic carbocycles. The standard InChI is InChI=1S/C25H38N4O3/c1-16(2)6-5-7-23-27-28-25(29(23)20-9-10-20)19(13-21(31)15-30)14-24(32)26-22-11-8-17(3)12-18(22)4/h8,11-12,16,19-21,30-31H,5-7,9-10,13-15H2,1-4H3,(H,26,32)/t19-,21-/m0/s1. The summed E-state index contributed by atoms with van der Waals surface area (Å²) >= 11 is 0. The van der Waals surface area contributed by atoms with Crippen LogP contribution >= 0.6 is 0 Å². The first-order valence-corrected chi connectivity index (χ1v) is 11.9. The zero-order valence-corrected chi connectivity index (χ0v) is 19.8. The van der Waals surface area contributed by atoms with Crippen molar-refractivity contribution in [1.29, 1.82) is 0 Å². The Morgan fingerprint density at radius 3 is 2.62 bits per heavy atom. The number of carbonyl (C=O) groups excluding carboxylic acids is 1. The lowest BCUT2D eigenvalue weighted by Crippen LogP contribution is -2.24. The molecule has 0 radical (unpaired) electrons. The second-order valence-electron chi connectivity index (χ2n) is 9.70. The number of aliphatic hydroxyl groups excluding tert-OH is 2. The summed E-state index contributed by atoms with van der Waals surface area (Å²) in [7, 11) is 0. The molecule has 1 aliphatic rings. The van der Waals surface area contributed by atoms with Crippen molar-refractivity contribution in [3.63, 3.8) is 0 Å². The molecule has 3 rings (SSSR count). The first-order valence-electron chi connectivity index (χ1n) is 11.9. The van der Waals surface area contributed by atoms with Gasteiger partial charge in [0.25, 0.3) is 0 Å². The molecular weight excluding hydrogens is 404 g/mol. The normalized spacial score (nSPS) is 15.7. The fourth-order valence-corrected chi connectivity index (χ4v) is 4.25. The molecule has 0 bridgehead atoms. The Kier molecular flexibility index (Phi) is 8.43. The quantitative estimate of drug-likeness (QED) is 0.460. The number of aromatic nitrogens is 3. The fourth-order valence-electron chi connectivity index (χ4n) is 4.25. The van der Waals surface area contributed by atoms with E-state index in [1.54, 1.807) is 0 Å². The van der Waals surface area contributed by atoms with E-state index in [2.05, 4.69) is 33.9 Å². The molecule has 7 heteroatoms. The molecule has 0 unspecified atom stereocenters. The van der Waals surface area contributed by atoms with E-state index < -0.39 is 6.10 Å². The van der Waals surface area contributed by atoms with Gasteiger partial charge in [0, 0.05) is 30.5 Å². The number of hydrogen-bond acceptors (Lipinski definition) is 5. The van der Waals surface area contributed by atoms with Crippen molar-refractivity contribution < 1.29 is 15.0 Å². The van der Waals surface area contributed by atoms with Crippen molar-refractivity contribution >= 4 is 11.6 Å². The number of aliphatic hydroxyl groups is 2. The summed E-state index contributed by atoms with van der Waals surface area (Å²) in [5, 5.41) is 31.6. The zero-order chi connectivity index (χ0) is 23.3. The Labute approximate surface area is 191 Å². The van der Waals surface area contributed by atoms with E-state index in [4.69, 9.17) is 0 Å². The summed E-state index contributed by atoms with van der Waals surface area (Å²) in [5.41, 5.74) is 2.95. The monoisotopic (exact) mass is 442 g/mol. The number of nitrogens with zero attached hydrogens (tertiary/aromatic N) is 3. The molecule has 2 aromatic rings. The highest BCUT2D eigenvalue weighted by molar-refractivity contribution is 5.92. The van der Waals surface area contributed by atoms with Gasteiger partial charge < -0.3 is 20.1 Å². The molecule has 32 heavy (non-hydrogen) atoms. The van der Waals surface area contributed by atoms with Crippen molar-refractivity contribution in [2.45, 2.75) is 90.7 Å². The molecular formula is C25H38N4O3. The van der Waals surface area contributed by atoms with Gasteiger partial charge in [0.05, 0.1) is 12.7 Å². The lowest BCUT2D eigenvalue weighted by Gasteiger charge is -2.20. The van der Waals surface area contributed by atoms with E-state index in [0.29, 0.717) is 12.0 Å². The van der Waals surface area contributed by atoms with Crippen LogP contribution in [0.25, 0.3) is 0 Å². The molecule has 1 fully saturated rings. The second-order valence-corrected chi connectivity index (χ2v) is 9.70. The number of anilines is 1. The van der Waals surface area contributed by atoms with Crippen molar-refractivity contribution in [2.75, 3.05) is 11.9 Å². The van der Waals surface area contributed by atoms with Crippen LogP contribution in [0.15, 0.2) is 18.2 Å². The van der Waals surface area contributed by atoms with Crippen molar-refractivity contribution in [2.24, 2.45) is 5.92 Å². The van der Waals surface area contributed by atoms with E-state index >= 15 is 0 Å². The van der Waals surface area contributed by atoms with Gasteiger partial charge in [0.1, 0.15) is 11.6 Å². The molecule has 1 saturated carbocycles. The van der Waals surface area contributed by atoms with Gasteiger partial charge in [0.2, 0.25) is 5.91 Å². The van der Waals surface area contributed by atoms with Crippen LogP contribution in [0, 0.1) is 19.8 Å². The number of aryl methyl sites for hydroxylation is 3. The summed E-state index contributed by atoms with van der Waals surface area (Å²) in [6.45, 7) is 8.10. The Balaban J connectivity index is 1.79. The Morgan fingerprint density at radius 1 is 1.25 bits per heavy atom. The van der Waals surface area contributed by atoms with Crippen LogP contribution in [0.5, 0.6) is 0 Å². The zero-order valence-electron chi connectivity index (χ0n) is 19.8. The van der Waals surface area contributed by atoms with Gasteiger partial charge in [-0.1, -0.05) is 38.0 Å². The fraction of sp³-hybridized carbons (Fsp3) is 0.640. The van der Waals surface area contributed by atoms with Crippen molar-refractivity contribution in [1.82, 2.24) is 14.8 Å². The predicted octanol–water partition coefficient (Wildman–Crippen LogP) is 4.06. The molecule has 176 valence electrons. The summed E-state index contributed by atoms with van der Waals surface area (Å²) < 4.78 is 2.21. The van der Waals surface area contributed by atoms with Gasteiger partial charge in [-0.15, -0.1) is 10.2 Å². The minimum absolute atomic E-state index is 0.126. The third-order valence-electron chi connectivity index (χ3n) is 6.11. The molecule has 2 atom stereocenters. The molecule has 0 spiro atoms. The second kappa shape index (κ2) is 11.1. The SMILES string of the molecule is Cc1ccc(NC(=O)C[C@H](C[C@H](O)CO)c2nnc(CCCC(C)C)n2C2CC2)c(C)c1. The van der Waals surface area contributed by atoms with Gasteiger partial charge in [0.15, 0.2) is 0 Å². The Hall–Kier alpha value is -2.25. The molecule has 1 aromatic heterocycles. The summed E-state index contributed by atoms with van der Waals surface area (Å²) in [4.78, 5) is 12.9. The highest BCUT2D eigenvalue weighted by atomic mass is 16.3. The van der Waals surface area contributed by atoms with Crippen LogP contribution in [-0.2, 0) is 11.2 Å². The highest BCUT2D eigenvalue weighted by Crippen LogP contribution is 2.39. The number of benzene rings is 1. The lowest BCUT2D eigenvalue weighted by molar-refractivity contribution is -0.116. The van der Waals surface area contributed by atoms with Crippen LogP contribution in [0.2, 0.25) is 0 Å². The summed E-state index contributed by atoms with van der Waals surface area (Å²) in [5.74, 6) is 1.94. The first kappa shape index (κ1) is 24.4. The molecule has 1 amide bonds. The summed E-state index contributed by atoms with van der Waals surface area (Å²) in [6, 6.07) is 6.31. The van der Waals surface area contributed by atoms with Gasteiger partial charge >= 0.3 is 0 Å². The van der Waals surface area contributed by atoms with Crippen LogP contribution < -0.4 is 5.32 Å². The van der Waals surface area contributed by atoms with E-state index in [-0.39, 0.29) is 31.3 Å². The molecule has 1 aromatic carbocycles. The number of amides is 1. The number of rotatable bonds is 12. The average Bonchev–Trinajstić information content (AvgIpc) is 3.48. The predicted molar refractivity (Wildman–Crippen MR) is 126 cm³/mol. The number of carbonyl (C=O) groups is 1. The van der Waals surface area contributed by atoms with E-state index in [0.717, 1.165) is 60.6 Å². The van der Waals surface area contributed by atoms with Crippen molar-refractivity contribution in [3.05, 3.63) is 41.0 Å². The maximum absolute atomic E-state index is 12.9. The largest absolute Gasteiger partial charge is 0.394 e. The van der Waals surface area contributed by atoms with Crippen LogP contribution in [-0.4, -0.2) is 43.6 Å². The highest BCUT2D eigenvalue weighted by Gasteiger charge is 2.33. The van der Waals surface area contributed by atoms with Crippen molar-refractivity contribution in [3.8, 4) is 0 Å². The number of nitrogens with one attached hydrogen (secondary N) is 1. The van der Waals surface area contributed by atoms with E-state index in [9.17, 15) is 15.0 Å². The molecule has 7 nitrogen and oxygen atoms in total. The molecule has 3 N–H and O–H groups in total. The molecule has 1 heterocycles. The molecule has 0 saturated heterocycles. The average molecular weight is 443 g/mol. The number of hydrogen-bond donors (Lipinski definition) is 3. The maximum Gasteiger partial charge on any atom is 0.225 e. The van der Waals surface area contributed by atoms with Gasteiger partial charge in [-0.3, -0.25) is 4.79 Å². The lowest BCUT2D eigenvalue weighted by atomic mass is 9.96. The molecule has 0 aliphatic heterocycles. The van der Waals surface area contributed by atoms with Gasteiger partial charge in [-0.25, -0.2) is 0 Å². The van der Waals surface area contributed by atoms with Crippen LogP contribution in [0.3, 0.4) is 0 Å². The van der Waals surface area contributed by atoms with Gasteiger partial charge in [-0.05, 0) is 57.1 Å². The smallest absolute Gasteiger partial charge is 0.225 e. The Bertz CT molecular complexity index is 905.